The maximum Gasteiger partial charge on any atom is 0.249 e. The van der Waals surface area contributed by atoms with Gasteiger partial charge in [0.2, 0.25) is 17.6 Å². The van der Waals surface area contributed by atoms with Crippen molar-refractivity contribution in [2.24, 2.45) is 0 Å². The minimum absolute atomic E-state index is 0.0797. The summed E-state index contributed by atoms with van der Waals surface area (Å²) in [6, 6.07) is 8.90. The summed E-state index contributed by atoms with van der Waals surface area (Å²) < 4.78 is 5.22. The number of nitrogens with zero attached hydrogens (tertiary/aromatic N) is 4. The average Bonchev–Trinajstić information content (AvgIpc) is 3.12. The molecule has 0 aliphatic rings. The van der Waals surface area contributed by atoms with Crippen molar-refractivity contribution in [1.29, 1.82) is 0 Å². The third-order valence-electron chi connectivity index (χ3n) is 3.45. The van der Waals surface area contributed by atoms with Crippen molar-refractivity contribution in [1.82, 2.24) is 25.4 Å². The molecule has 7 nitrogen and oxygen atoms in total. The van der Waals surface area contributed by atoms with Gasteiger partial charge < -0.3 is 9.84 Å². The number of aryl methyl sites for hydroxylation is 1. The molecule has 7 heteroatoms. The largest absolute Gasteiger partial charge is 0.345 e. The van der Waals surface area contributed by atoms with Gasteiger partial charge in [0.15, 0.2) is 0 Å². The fraction of sp³-hybridized carbons (Fsp3) is 0.235. The van der Waals surface area contributed by atoms with Gasteiger partial charge in [-0.25, -0.2) is 0 Å². The molecule has 3 aromatic rings. The van der Waals surface area contributed by atoms with E-state index in [-0.39, 0.29) is 11.9 Å². The minimum atomic E-state index is -0.364. The first-order valence-electron chi connectivity index (χ1n) is 7.65. The summed E-state index contributed by atoms with van der Waals surface area (Å²) >= 11 is 0. The highest BCUT2D eigenvalue weighted by molar-refractivity contribution is 5.76. The van der Waals surface area contributed by atoms with Crippen LogP contribution in [0.15, 0.2) is 53.4 Å². The molecule has 0 fully saturated rings. The van der Waals surface area contributed by atoms with Crippen LogP contribution in [0.3, 0.4) is 0 Å². The molecule has 0 aliphatic heterocycles. The van der Waals surface area contributed by atoms with Crippen molar-refractivity contribution in [3.8, 4) is 11.5 Å². The van der Waals surface area contributed by atoms with Crippen molar-refractivity contribution in [3.05, 3.63) is 60.4 Å². The fourth-order valence-electron chi connectivity index (χ4n) is 2.19. The lowest BCUT2D eigenvalue weighted by atomic mass is 10.1. The predicted molar refractivity (Wildman–Crippen MR) is 86.6 cm³/mol. The molecule has 0 unspecified atom stereocenters. The lowest BCUT2D eigenvalue weighted by molar-refractivity contribution is -0.121. The van der Waals surface area contributed by atoms with Crippen LogP contribution in [0, 0.1) is 0 Å². The monoisotopic (exact) mass is 323 g/mol. The molecule has 122 valence electrons. The SMILES string of the molecule is C[C@@H](NC(=O)CCc1cccnc1)c1nc(-c2ccccn2)no1. The molecule has 3 rings (SSSR count). The van der Waals surface area contributed by atoms with Crippen molar-refractivity contribution in [2.75, 3.05) is 0 Å². The number of carbonyl (C=O) groups excluding carboxylic acids is 1. The molecule has 0 aliphatic carbocycles. The van der Waals surface area contributed by atoms with E-state index in [1.165, 1.54) is 0 Å². The first-order chi connectivity index (χ1) is 11.7. The number of carbonyl (C=O) groups is 1. The fourth-order valence-corrected chi connectivity index (χ4v) is 2.19. The maximum atomic E-state index is 12.0. The van der Waals surface area contributed by atoms with Crippen LogP contribution in [-0.2, 0) is 11.2 Å². The molecule has 3 heterocycles. The lowest BCUT2D eigenvalue weighted by Gasteiger charge is -2.09. The number of nitrogens with one attached hydrogen (secondary N) is 1. The van der Waals surface area contributed by atoms with Crippen LogP contribution in [0.5, 0.6) is 0 Å². The van der Waals surface area contributed by atoms with Gasteiger partial charge in [-0.3, -0.25) is 14.8 Å². The Hall–Kier alpha value is -3.09. The molecule has 24 heavy (non-hydrogen) atoms. The van der Waals surface area contributed by atoms with Crippen LogP contribution >= 0.6 is 0 Å². The van der Waals surface area contributed by atoms with E-state index in [1.807, 2.05) is 24.3 Å². The Kier molecular flexibility index (Phi) is 4.90. The smallest absolute Gasteiger partial charge is 0.249 e. The molecular formula is C17H17N5O2. The van der Waals surface area contributed by atoms with Crippen molar-refractivity contribution in [3.63, 3.8) is 0 Å². The Balaban J connectivity index is 1.56. The lowest BCUT2D eigenvalue weighted by Crippen LogP contribution is -2.27. The van der Waals surface area contributed by atoms with Gasteiger partial charge in [0, 0.05) is 25.0 Å². The topological polar surface area (TPSA) is 93.8 Å². The van der Waals surface area contributed by atoms with E-state index in [1.54, 1.807) is 31.6 Å². The number of aromatic nitrogens is 4. The Labute approximate surface area is 139 Å². The maximum absolute atomic E-state index is 12.0. The second kappa shape index (κ2) is 7.45. The predicted octanol–water partition coefficient (Wildman–Crippen LogP) is 2.34. The standard InChI is InChI=1S/C17H17N5O2/c1-12(20-15(23)8-7-13-5-4-9-18-11-13)17-21-16(22-24-17)14-6-2-3-10-19-14/h2-6,9-12H,7-8H2,1H3,(H,20,23)/t12-/m1/s1. The van der Waals surface area contributed by atoms with E-state index >= 15 is 0 Å². The first kappa shape index (κ1) is 15.8. The number of amides is 1. The summed E-state index contributed by atoms with van der Waals surface area (Å²) in [5.74, 6) is 0.677. The molecule has 0 saturated heterocycles. The van der Waals surface area contributed by atoms with E-state index in [9.17, 15) is 4.79 Å². The van der Waals surface area contributed by atoms with Gasteiger partial charge >= 0.3 is 0 Å². The zero-order valence-electron chi connectivity index (χ0n) is 13.2. The third-order valence-corrected chi connectivity index (χ3v) is 3.45. The number of hydrogen-bond acceptors (Lipinski definition) is 6. The molecule has 0 bridgehead atoms. The second-order valence-corrected chi connectivity index (χ2v) is 5.32. The van der Waals surface area contributed by atoms with E-state index in [2.05, 4.69) is 25.4 Å². The summed E-state index contributed by atoms with van der Waals surface area (Å²) in [4.78, 5) is 24.5. The van der Waals surface area contributed by atoms with Crippen molar-refractivity contribution >= 4 is 5.91 Å². The van der Waals surface area contributed by atoms with Gasteiger partial charge in [0.1, 0.15) is 11.7 Å². The highest BCUT2D eigenvalue weighted by Crippen LogP contribution is 2.16. The summed E-state index contributed by atoms with van der Waals surface area (Å²) in [7, 11) is 0. The summed E-state index contributed by atoms with van der Waals surface area (Å²) in [6.07, 6.45) is 6.13. The third kappa shape index (κ3) is 4.01. The summed E-state index contributed by atoms with van der Waals surface area (Å²) in [5, 5.41) is 6.76. The van der Waals surface area contributed by atoms with Crippen LogP contribution in [0.1, 0.15) is 30.8 Å². The Morgan fingerprint density at radius 3 is 2.92 bits per heavy atom. The van der Waals surface area contributed by atoms with Gasteiger partial charge in [0.25, 0.3) is 0 Å². The quantitative estimate of drug-likeness (QED) is 0.748. The molecular weight excluding hydrogens is 306 g/mol. The molecule has 0 radical (unpaired) electrons. The van der Waals surface area contributed by atoms with E-state index < -0.39 is 0 Å². The highest BCUT2D eigenvalue weighted by Gasteiger charge is 2.17. The van der Waals surface area contributed by atoms with Crippen LogP contribution in [-0.4, -0.2) is 26.0 Å². The van der Waals surface area contributed by atoms with Crippen LogP contribution in [0.2, 0.25) is 0 Å². The van der Waals surface area contributed by atoms with Crippen LogP contribution in [0.25, 0.3) is 11.5 Å². The molecule has 1 N–H and O–H groups in total. The normalized spacial score (nSPS) is 11.9. The van der Waals surface area contributed by atoms with Gasteiger partial charge in [-0.2, -0.15) is 4.98 Å². The van der Waals surface area contributed by atoms with Crippen molar-refractivity contribution < 1.29 is 9.32 Å². The Bertz CT molecular complexity index is 789. The number of rotatable bonds is 6. The minimum Gasteiger partial charge on any atom is -0.345 e. The number of pyridine rings is 2. The Morgan fingerprint density at radius 1 is 1.25 bits per heavy atom. The first-order valence-corrected chi connectivity index (χ1v) is 7.65. The Morgan fingerprint density at radius 2 is 2.17 bits per heavy atom. The van der Waals surface area contributed by atoms with E-state index in [0.29, 0.717) is 30.3 Å². The van der Waals surface area contributed by atoms with Gasteiger partial charge in [-0.05, 0) is 37.1 Å². The molecule has 3 aromatic heterocycles. The molecule has 0 spiro atoms. The zero-order valence-corrected chi connectivity index (χ0v) is 13.2. The number of hydrogen-bond donors (Lipinski definition) is 1. The molecule has 0 aromatic carbocycles. The van der Waals surface area contributed by atoms with E-state index in [4.69, 9.17) is 4.52 Å². The van der Waals surface area contributed by atoms with Crippen LogP contribution in [0.4, 0.5) is 0 Å². The average molecular weight is 323 g/mol. The zero-order chi connectivity index (χ0) is 16.8. The highest BCUT2D eigenvalue weighted by atomic mass is 16.5. The molecule has 1 atom stereocenters. The van der Waals surface area contributed by atoms with Gasteiger partial charge in [0.05, 0.1) is 0 Å². The molecule has 1 amide bonds. The second-order valence-electron chi connectivity index (χ2n) is 5.32. The van der Waals surface area contributed by atoms with Crippen LogP contribution < -0.4 is 5.32 Å². The van der Waals surface area contributed by atoms with E-state index in [0.717, 1.165) is 5.56 Å². The summed E-state index contributed by atoms with van der Waals surface area (Å²) in [5.41, 5.74) is 1.65. The summed E-state index contributed by atoms with van der Waals surface area (Å²) in [6.45, 7) is 1.80. The van der Waals surface area contributed by atoms with Crippen molar-refractivity contribution in [2.45, 2.75) is 25.8 Å². The van der Waals surface area contributed by atoms with Gasteiger partial charge in [-0.15, -0.1) is 0 Å². The van der Waals surface area contributed by atoms with Gasteiger partial charge in [-0.1, -0.05) is 17.3 Å². The molecule has 0 saturated carbocycles.